The van der Waals surface area contributed by atoms with Crippen LogP contribution in [0.3, 0.4) is 0 Å². The van der Waals surface area contributed by atoms with Gasteiger partial charge in [0.25, 0.3) is 5.91 Å². The Morgan fingerprint density at radius 3 is 2.64 bits per heavy atom. The van der Waals surface area contributed by atoms with Crippen molar-refractivity contribution in [2.45, 2.75) is 13.0 Å². The smallest absolute Gasteiger partial charge is 0.257 e. The van der Waals surface area contributed by atoms with Crippen molar-refractivity contribution < 1.29 is 19.1 Å². The quantitative estimate of drug-likeness (QED) is 0.870. The number of carbonyl (C=O) groups excluding carboxylic acids is 1. The Kier molecular flexibility index (Phi) is 5.73. The van der Waals surface area contributed by atoms with Crippen LogP contribution in [0, 0.1) is 0 Å². The molecule has 0 radical (unpaired) electrons. The molecule has 1 aromatic carbocycles. The van der Waals surface area contributed by atoms with Gasteiger partial charge in [0.05, 0.1) is 18.4 Å². The van der Waals surface area contributed by atoms with Gasteiger partial charge in [-0.2, -0.15) is 0 Å². The van der Waals surface area contributed by atoms with Gasteiger partial charge in [0.15, 0.2) is 0 Å². The maximum atomic E-state index is 12.8. The van der Waals surface area contributed by atoms with Crippen LogP contribution >= 0.6 is 0 Å². The molecule has 0 saturated carbocycles. The van der Waals surface area contributed by atoms with Crippen molar-refractivity contribution in [1.82, 2.24) is 9.80 Å². The van der Waals surface area contributed by atoms with Crippen LogP contribution in [-0.2, 0) is 0 Å². The zero-order chi connectivity index (χ0) is 17.6. The molecule has 1 aromatic heterocycles. The highest BCUT2D eigenvalue weighted by molar-refractivity contribution is 5.97. The molecule has 0 spiro atoms. The van der Waals surface area contributed by atoms with Gasteiger partial charge >= 0.3 is 0 Å². The summed E-state index contributed by atoms with van der Waals surface area (Å²) in [6, 6.07) is 10.9. The summed E-state index contributed by atoms with van der Waals surface area (Å²) >= 11 is 0. The van der Waals surface area contributed by atoms with E-state index >= 15 is 0 Å². The average molecular weight is 344 g/mol. The van der Waals surface area contributed by atoms with Gasteiger partial charge in [0.2, 0.25) is 0 Å². The molecule has 0 bridgehead atoms. The number of aliphatic hydroxyl groups excluding tert-OH is 1. The third-order valence-electron chi connectivity index (χ3n) is 4.38. The normalized spacial score (nSPS) is 16.6. The zero-order valence-electron chi connectivity index (χ0n) is 14.4. The van der Waals surface area contributed by atoms with E-state index in [4.69, 9.17) is 9.15 Å². The average Bonchev–Trinajstić information content (AvgIpc) is 3.17. The van der Waals surface area contributed by atoms with Crippen LogP contribution in [0.4, 0.5) is 0 Å². The summed E-state index contributed by atoms with van der Waals surface area (Å²) in [5.74, 6) is 1.20. The number of benzene rings is 1. The molecule has 1 N–H and O–H groups in total. The molecule has 0 aliphatic carbocycles. The molecule has 1 fully saturated rings. The molecular formula is C19H24N2O4. The maximum absolute atomic E-state index is 12.8. The predicted molar refractivity (Wildman–Crippen MR) is 93.6 cm³/mol. The molecular weight excluding hydrogens is 320 g/mol. The number of amides is 1. The standard InChI is InChI=1S/C19H24N2O4/c1-2-24-17-7-4-3-6-15(17)19(23)21-11-9-20(10-12-21)14-16(22)18-8-5-13-25-18/h3-8,13,16,22H,2,9-12,14H2,1H3/t16-/m1/s1. The third kappa shape index (κ3) is 4.21. The topological polar surface area (TPSA) is 66.2 Å². The van der Waals surface area contributed by atoms with E-state index in [0.717, 1.165) is 13.1 Å². The van der Waals surface area contributed by atoms with Gasteiger partial charge in [-0.25, -0.2) is 0 Å². The molecule has 6 heteroatoms. The number of rotatable bonds is 6. The second-order valence-electron chi connectivity index (χ2n) is 6.05. The lowest BCUT2D eigenvalue weighted by molar-refractivity contribution is 0.0483. The Labute approximate surface area is 147 Å². The van der Waals surface area contributed by atoms with E-state index in [1.165, 1.54) is 0 Å². The Balaban J connectivity index is 1.56. The first-order valence-corrected chi connectivity index (χ1v) is 8.64. The predicted octanol–water partition coefficient (Wildman–Crippen LogP) is 2.17. The number of β-amino-alcohol motifs (C(OH)–C–C–N with tert-alkyl or cyclic N) is 1. The second-order valence-corrected chi connectivity index (χ2v) is 6.05. The van der Waals surface area contributed by atoms with E-state index in [1.807, 2.05) is 30.0 Å². The number of para-hydroxylation sites is 1. The molecule has 1 saturated heterocycles. The van der Waals surface area contributed by atoms with E-state index in [0.29, 0.717) is 43.3 Å². The van der Waals surface area contributed by atoms with Gasteiger partial charge in [-0.15, -0.1) is 0 Å². The van der Waals surface area contributed by atoms with E-state index in [2.05, 4.69) is 4.90 Å². The van der Waals surface area contributed by atoms with E-state index < -0.39 is 6.10 Å². The minimum absolute atomic E-state index is 0.00437. The molecule has 6 nitrogen and oxygen atoms in total. The monoisotopic (exact) mass is 344 g/mol. The lowest BCUT2D eigenvalue weighted by atomic mass is 10.1. The fraction of sp³-hybridized carbons (Fsp3) is 0.421. The number of piperazine rings is 1. The second kappa shape index (κ2) is 8.18. The van der Waals surface area contributed by atoms with E-state index in [-0.39, 0.29) is 5.91 Å². The number of ether oxygens (including phenoxy) is 1. The molecule has 1 amide bonds. The van der Waals surface area contributed by atoms with Gasteiger partial charge in [-0.1, -0.05) is 12.1 Å². The van der Waals surface area contributed by atoms with Crippen molar-refractivity contribution in [2.24, 2.45) is 0 Å². The molecule has 0 unspecified atom stereocenters. The minimum atomic E-state index is -0.643. The van der Waals surface area contributed by atoms with Crippen LogP contribution in [0.2, 0.25) is 0 Å². The first kappa shape index (κ1) is 17.5. The van der Waals surface area contributed by atoms with E-state index in [9.17, 15) is 9.90 Å². The summed E-state index contributed by atoms with van der Waals surface area (Å²) in [5.41, 5.74) is 0.605. The summed E-state index contributed by atoms with van der Waals surface area (Å²) < 4.78 is 10.8. The Bertz CT molecular complexity index is 678. The molecule has 1 atom stereocenters. The Morgan fingerprint density at radius 2 is 1.96 bits per heavy atom. The van der Waals surface area contributed by atoms with Crippen molar-refractivity contribution in [3.8, 4) is 5.75 Å². The van der Waals surface area contributed by atoms with Crippen LogP contribution in [0.5, 0.6) is 5.75 Å². The summed E-state index contributed by atoms with van der Waals surface area (Å²) in [4.78, 5) is 16.8. The van der Waals surface area contributed by atoms with Gasteiger partial charge in [-0.05, 0) is 31.2 Å². The first-order chi connectivity index (χ1) is 12.2. The molecule has 1 aliphatic rings. The number of hydrogen-bond donors (Lipinski definition) is 1. The highest BCUT2D eigenvalue weighted by atomic mass is 16.5. The molecule has 2 heterocycles. The van der Waals surface area contributed by atoms with Crippen LogP contribution in [0.15, 0.2) is 47.1 Å². The van der Waals surface area contributed by atoms with Gasteiger partial charge in [0, 0.05) is 32.7 Å². The largest absolute Gasteiger partial charge is 0.493 e. The molecule has 1 aliphatic heterocycles. The van der Waals surface area contributed by atoms with Crippen molar-refractivity contribution in [2.75, 3.05) is 39.3 Å². The van der Waals surface area contributed by atoms with E-state index in [1.54, 1.807) is 24.5 Å². The number of furan rings is 1. The zero-order valence-corrected chi connectivity index (χ0v) is 14.4. The van der Waals surface area contributed by atoms with Crippen molar-refractivity contribution in [3.63, 3.8) is 0 Å². The van der Waals surface area contributed by atoms with Crippen molar-refractivity contribution in [3.05, 3.63) is 54.0 Å². The molecule has 25 heavy (non-hydrogen) atoms. The minimum Gasteiger partial charge on any atom is -0.493 e. The fourth-order valence-electron chi connectivity index (χ4n) is 3.04. The highest BCUT2D eigenvalue weighted by Crippen LogP contribution is 2.21. The van der Waals surface area contributed by atoms with Gasteiger partial charge < -0.3 is 19.2 Å². The number of aliphatic hydroxyl groups is 1. The molecule has 2 aromatic rings. The fourth-order valence-corrected chi connectivity index (χ4v) is 3.04. The highest BCUT2D eigenvalue weighted by Gasteiger charge is 2.25. The van der Waals surface area contributed by atoms with Crippen LogP contribution in [-0.4, -0.2) is 60.1 Å². The summed E-state index contributed by atoms with van der Waals surface area (Å²) in [6.45, 7) is 5.65. The number of hydrogen-bond acceptors (Lipinski definition) is 5. The van der Waals surface area contributed by atoms with Crippen LogP contribution in [0.25, 0.3) is 0 Å². The third-order valence-corrected chi connectivity index (χ3v) is 4.38. The SMILES string of the molecule is CCOc1ccccc1C(=O)N1CCN(C[C@@H](O)c2ccco2)CC1. The maximum Gasteiger partial charge on any atom is 0.257 e. The van der Waals surface area contributed by atoms with Gasteiger partial charge in [0.1, 0.15) is 17.6 Å². The number of nitrogens with zero attached hydrogens (tertiary/aromatic N) is 2. The van der Waals surface area contributed by atoms with Crippen molar-refractivity contribution in [1.29, 1.82) is 0 Å². The lowest BCUT2D eigenvalue weighted by Crippen LogP contribution is -2.49. The Hall–Kier alpha value is -2.31. The molecule has 3 rings (SSSR count). The summed E-state index contributed by atoms with van der Waals surface area (Å²) in [6.07, 6.45) is 0.918. The summed E-state index contributed by atoms with van der Waals surface area (Å²) in [5, 5.41) is 10.2. The van der Waals surface area contributed by atoms with Gasteiger partial charge in [-0.3, -0.25) is 9.69 Å². The number of carbonyl (C=O) groups is 1. The summed E-state index contributed by atoms with van der Waals surface area (Å²) in [7, 11) is 0. The lowest BCUT2D eigenvalue weighted by Gasteiger charge is -2.35. The van der Waals surface area contributed by atoms with Crippen molar-refractivity contribution >= 4 is 5.91 Å². The molecule has 134 valence electrons. The Morgan fingerprint density at radius 1 is 1.20 bits per heavy atom. The van der Waals surface area contributed by atoms with Crippen LogP contribution < -0.4 is 4.74 Å². The first-order valence-electron chi connectivity index (χ1n) is 8.64. The van der Waals surface area contributed by atoms with Crippen LogP contribution in [0.1, 0.15) is 29.1 Å².